The topological polar surface area (TPSA) is 42.2 Å². The summed E-state index contributed by atoms with van der Waals surface area (Å²) in [6, 6.07) is 0. The lowest BCUT2D eigenvalue weighted by molar-refractivity contribution is 0.723. The third kappa shape index (κ3) is 2.07. The molecule has 2 N–H and O–H groups in total. The van der Waals surface area contributed by atoms with Gasteiger partial charge in [0.2, 0.25) is 0 Å². The molecule has 1 saturated carbocycles. The van der Waals surface area contributed by atoms with Crippen LogP contribution < -0.4 is 10.6 Å². The zero-order valence-electron chi connectivity index (χ0n) is 8.73. The summed E-state index contributed by atoms with van der Waals surface area (Å²) in [7, 11) is 2.12. The highest BCUT2D eigenvalue weighted by molar-refractivity contribution is 7.13. The van der Waals surface area contributed by atoms with E-state index in [4.69, 9.17) is 5.73 Å². The molecule has 1 aliphatic carbocycles. The quantitative estimate of drug-likeness (QED) is 0.824. The number of nitrogens with two attached hydrogens (primary N) is 1. The van der Waals surface area contributed by atoms with Crippen LogP contribution in [0.4, 0.5) is 5.13 Å². The van der Waals surface area contributed by atoms with Crippen LogP contribution in [0.25, 0.3) is 0 Å². The molecule has 0 aromatic carbocycles. The fourth-order valence-corrected chi connectivity index (χ4v) is 2.46. The van der Waals surface area contributed by atoms with Crippen LogP contribution in [-0.2, 0) is 6.54 Å². The lowest BCUT2D eigenvalue weighted by Gasteiger charge is -2.14. The van der Waals surface area contributed by atoms with Crippen LogP contribution in [0.3, 0.4) is 0 Å². The maximum atomic E-state index is 5.52. The van der Waals surface area contributed by atoms with Gasteiger partial charge in [0.05, 0.1) is 5.69 Å². The Hall–Kier alpha value is -0.610. The average molecular weight is 211 g/mol. The largest absolute Gasteiger partial charge is 0.351 e. The van der Waals surface area contributed by atoms with E-state index in [1.807, 2.05) is 5.38 Å². The molecular formula is C10H17N3S. The minimum atomic E-state index is 0.546. The first kappa shape index (κ1) is 9.93. The molecule has 0 radical (unpaired) electrons. The second-order valence-corrected chi connectivity index (χ2v) is 5.02. The molecule has 14 heavy (non-hydrogen) atoms. The summed E-state index contributed by atoms with van der Waals surface area (Å²) in [5.41, 5.74) is 6.53. The SMILES string of the molecule is CC1CC1CN(C)c1nc(CN)cs1. The third-order valence-electron chi connectivity index (χ3n) is 2.86. The van der Waals surface area contributed by atoms with Gasteiger partial charge in [0, 0.05) is 25.5 Å². The highest BCUT2D eigenvalue weighted by Crippen LogP contribution is 2.38. The van der Waals surface area contributed by atoms with E-state index in [-0.39, 0.29) is 0 Å². The fraction of sp³-hybridized carbons (Fsp3) is 0.700. The lowest BCUT2D eigenvalue weighted by atomic mass is 10.3. The summed E-state index contributed by atoms with van der Waals surface area (Å²) in [6.07, 6.45) is 1.37. The molecular weight excluding hydrogens is 194 g/mol. The van der Waals surface area contributed by atoms with Crippen LogP contribution >= 0.6 is 11.3 Å². The van der Waals surface area contributed by atoms with E-state index in [0.717, 1.165) is 29.2 Å². The van der Waals surface area contributed by atoms with Gasteiger partial charge in [-0.25, -0.2) is 4.98 Å². The first-order valence-corrected chi connectivity index (χ1v) is 5.94. The second-order valence-electron chi connectivity index (χ2n) is 4.18. The third-order valence-corrected chi connectivity index (χ3v) is 3.86. The molecule has 0 bridgehead atoms. The van der Waals surface area contributed by atoms with Crippen molar-refractivity contribution < 1.29 is 0 Å². The molecule has 2 rings (SSSR count). The Kier molecular flexibility index (Phi) is 2.74. The summed E-state index contributed by atoms with van der Waals surface area (Å²) < 4.78 is 0. The first-order valence-electron chi connectivity index (χ1n) is 5.06. The zero-order chi connectivity index (χ0) is 10.1. The number of hydrogen-bond donors (Lipinski definition) is 1. The predicted molar refractivity (Wildman–Crippen MR) is 60.5 cm³/mol. The monoisotopic (exact) mass is 211 g/mol. The molecule has 1 aromatic heterocycles. The van der Waals surface area contributed by atoms with Crippen molar-refractivity contribution in [1.29, 1.82) is 0 Å². The van der Waals surface area contributed by atoms with E-state index in [1.54, 1.807) is 11.3 Å². The molecule has 0 amide bonds. The van der Waals surface area contributed by atoms with Gasteiger partial charge in [-0.05, 0) is 18.3 Å². The van der Waals surface area contributed by atoms with Crippen LogP contribution in [0.5, 0.6) is 0 Å². The Morgan fingerprint density at radius 3 is 2.93 bits per heavy atom. The highest BCUT2D eigenvalue weighted by Gasteiger charge is 2.33. The van der Waals surface area contributed by atoms with E-state index < -0.39 is 0 Å². The summed E-state index contributed by atoms with van der Waals surface area (Å²) in [4.78, 5) is 6.70. The minimum absolute atomic E-state index is 0.546. The van der Waals surface area contributed by atoms with E-state index in [0.29, 0.717) is 6.54 Å². The smallest absolute Gasteiger partial charge is 0.185 e. The van der Waals surface area contributed by atoms with Gasteiger partial charge in [0.25, 0.3) is 0 Å². The van der Waals surface area contributed by atoms with Crippen molar-refractivity contribution >= 4 is 16.5 Å². The molecule has 2 atom stereocenters. The van der Waals surface area contributed by atoms with Gasteiger partial charge >= 0.3 is 0 Å². The number of nitrogens with zero attached hydrogens (tertiary/aromatic N) is 2. The van der Waals surface area contributed by atoms with Gasteiger partial charge < -0.3 is 10.6 Å². The van der Waals surface area contributed by atoms with Crippen LogP contribution in [-0.4, -0.2) is 18.6 Å². The van der Waals surface area contributed by atoms with Crippen molar-refractivity contribution in [2.45, 2.75) is 19.9 Å². The molecule has 78 valence electrons. The molecule has 0 spiro atoms. The Labute approximate surface area is 88.9 Å². The number of thiazole rings is 1. The van der Waals surface area contributed by atoms with Crippen LogP contribution in [0.1, 0.15) is 19.0 Å². The molecule has 1 aliphatic rings. The van der Waals surface area contributed by atoms with Crippen molar-refractivity contribution in [3.63, 3.8) is 0 Å². The standard InChI is InChI=1S/C10H17N3S/c1-7-3-8(7)5-13(2)10-12-9(4-11)6-14-10/h6-8H,3-5,11H2,1-2H3. The zero-order valence-corrected chi connectivity index (χ0v) is 9.55. The Balaban J connectivity index is 1.93. The van der Waals surface area contributed by atoms with E-state index in [2.05, 4.69) is 23.9 Å². The Morgan fingerprint density at radius 2 is 2.43 bits per heavy atom. The van der Waals surface area contributed by atoms with Gasteiger partial charge in [-0.1, -0.05) is 6.92 Å². The van der Waals surface area contributed by atoms with Crippen molar-refractivity contribution in [2.24, 2.45) is 17.6 Å². The van der Waals surface area contributed by atoms with Crippen molar-refractivity contribution in [3.05, 3.63) is 11.1 Å². The molecule has 3 nitrogen and oxygen atoms in total. The normalized spacial score (nSPS) is 25.1. The molecule has 1 aromatic rings. The van der Waals surface area contributed by atoms with Gasteiger partial charge in [-0.3, -0.25) is 0 Å². The molecule has 4 heteroatoms. The maximum absolute atomic E-state index is 5.52. The predicted octanol–water partition coefficient (Wildman–Crippen LogP) is 1.69. The van der Waals surface area contributed by atoms with Gasteiger partial charge in [0.1, 0.15) is 0 Å². The minimum Gasteiger partial charge on any atom is -0.351 e. The highest BCUT2D eigenvalue weighted by atomic mass is 32.1. The van der Waals surface area contributed by atoms with Crippen molar-refractivity contribution in [3.8, 4) is 0 Å². The van der Waals surface area contributed by atoms with Crippen LogP contribution in [0, 0.1) is 11.8 Å². The van der Waals surface area contributed by atoms with Gasteiger partial charge in [-0.2, -0.15) is 0 Å². The van der Waals surface area contributed by atoms with E-state index >= 15 is 0 Å². The molecule has 2 unspecified atom stereocenters. The summed E-state index contributed by atoms with van der Waals surface area (Å²) in [5.74, 6) is 1.79. The molecule has 0 aliphatic heterocycles. The van der Waals surface area contributed by atoms with Crippen LogP contribution in [0.2, 0.25) is 0 Å². The van der Waals surface area contributed by atoms with E-state index in [9.17, 15) is 0 Å². The fourth-order valence-electron chi connectivity index (χ4n) is 1.65. The van der Waals surface area contributed by atoms with Crippen LogP contribution in [0.15, 0.2) is 5.38 Å². The molecule has 1 fully saturated rings. The molecule has 1 heterocycles. The maximum Gasteiger partial charge on any atom is 0.185 e. The summed E-state index contributed by atoms with van der Waals surface area (Å²) in [6.45, 7) is 3.99. The van der Waals surface area contributed by atoms with Crippen molar-refractivity contribution in [1.82, 2.24) is 4.98 Å². The second kappa shape index (κ2) is 3.87. The number of rotatable bonds is 4. The average Bonchev–Trinajstić information content (AvgIpc) is 2.72. The molecule has 0 saturated heterocycles. The van der Waals surface area contributed by atoms with Gasteiger partial charge in [-0.15, -0.1) is 11.3 Å². The summed E-state index contributed by atoms with van der Waals surface area (Å²) in [5, 5.41) is 3.15. The Bertz CT molecular complexity index is 310. The number of hydrogen-bond acceptors (Lipinski definition) is 4. The number of anilines is 1. The number of aromatic nitrogens is 1. The van der Waals surface area contributed by atoms with Gasteiger partial charge in [0.15, 0.2) is 5.13 Å². The van der Waals surface area contributed by atoms with Crippen molar-refractivity contribution in [2.75, 3.05) is 18.5 Å². The van der Waals surface area contributed by atoms with E-state index in [1.165, 1.54) is 6.42 Å². The Morgan fingerprint density at radius 1 is 1.71 bits per heavy atom. The summed E-state index contributed by atoms with van der Waals surface area (Å²) >= 11 is 1.69. The lowest BCUT2D eigenvalue weighted by Crippen LogP contribution is -2.20. The first-order chi connectivity index (χ1) is 6.70.